The number of hydrogen-bond acceptors (Lipinski definition) is 2. The summed E-state index contributed by atoms with van der Waals surface area (Å²) in [5.74, 6) is 0.956. The Bertz CT molecular complexity index is 555. The molecule has 0 saturated carbocycles. The molecule has 1 unspecified atom stereocenters. The van der Waals surface area contributed by atoms with Crippen molar-refractivity contribution >= 4 is 10.9 Å². The van der Waals surface area contributed by atoms with E-state index in [2.05, 4.69) is 35.0 Å². The zero-order valence-electron chi connectivity index (χ0n) is 12.2. The third kappa shape index (κ3) is 2.98. The van der Waals surface area contributed by atoms with Gasteiger partial charge in [0.15, 0.2) is 0 Å². The highest BCUT2D eigenvalue weighted by molar-refractivity contribution is 5.81. The molecule has 0 spiro atoms. The van der Waals surface area contributed by atoms with Crippen LogP contribution in [0.3, 0.4) is 0 Å². The summed E-state index contributed by atoms with van der Waals surface area (Å²) in [6, 6.07) is 8.51. The van der Waals surface area contributed by atoms with Crippen LogP contribution in [-0.4, -0.2) is 23.9 Å². The van der Waals surface area contributed by atoms with Crippen molar-refractivity contribution in [1.82, 2.24) is 4.57 Å². The van der Waals surface area contributed by atoms with Crippen LogP contribution in [0.15, 0.2) is 30.5 Å². The van der Waals surface area contributed by atoms with E-state index in [0.717, 1.165) is 18.9 Å². The molecular weight excluding hydrogens is 250 g/mol. The number of ether oxygens (including phenoxy) is 2. The molecule has 0 radical (unpaired) electrons. The topological polar surface area (TPSA) is 23.4 Å². The largest absolute Gasteiger partial charge is 0.494 e. The summed E-state index contributed by atoms with van der Waals surface area (Å²) in [5, 5.41) is 1.26. The van der Waals surface area contributed by atoms with Crippen LogP contribution in [0.25, 0.3) is 10.9 Å². The number of aryl methyl sites for hydroxylation is 1. The first-order chi connectivity index (χ1) is 9.86. The Labute approximate surface area is 120 Å². The summed E-state index contributed by atoms with van der Waals surface area (Å²) < 4.78 is 13.6. The van der Waals surface area contributed by atoms with E-state index in [1.165, 1.54) is 36.6 Å². The molecule has 1 aliphatic heterocycles. The molecule has 1 aromatic carbocycles. The van der Waals surface area contributed by atoms with E-state index < -0.39 is 0 Å². The normalized spacial score (nSPS) is 18.8. The molecule has 1 fully saturated rings. The van der Waals surface area contributed by atoms with Gasteiger partial charge in [-0.2, -0.15) is 0 Å². The monoisotopic (exact) mass is 273 g/mol. The molecule has 2 aromatic rings. The molecule has 2 heterocycles. The van der Waals surface area contributed by atoms with Crippen LogP contribution in [0.5, 0.6) is 5.75 Å². The molecule has 0 amide bonds. The fraction of sp³-hybridized carbons (Fsp3) is 0.529. The molecule has 108 valence electrons. The molecular formula is C17H23NO2. The lowest BCUT2D eigenvalue weighted by molar-refractivity contribution is 0.101. The van der Waals surface area contributed by atoms with Gasteiger partial charge in [-0.1, -0.05) is 0 Å². The van der Waals surface area contributed by atoms with Crippen molar-refractivity contribution in [3.05, 3.63) is 30.5 Å². The predicted octanol–water partition coefficient (Wildman–Crippen LogP) is 4.00. The Morgan fingerprint density at radius 2 is 2.30 bits per heavy atom. The van der Waals surface area contributed by atoms with E-state index in [4.69, 9.17) is 9.47 Å². The second-order valence-corrected chi connectivity index (χ2v) is 5.44. The van der Waals surface area contributed by atoms with E-state index in [1.54, 1.807) is 0 Å². The fourth-order valence-corrected chi connectivity index (χ4v) is 2.99. The molecule has 3 nitrogen and oxygen atoms in total. The van der Waals surface area contributed by atoms with Crippen molar-refractivity contribution in [1.29, 1.82) is 0 Å². The van der Waals surface area contributed by atoms with Crippen molar-refractivity contribution in [2.24, 2.45) is 0 Å². The summed E-state index contributed by atoms with van der Waals surface area (Å²) >= 11 is 0. The van der Waals surface area contributed by atoms with Crippen molar-refractivity contribution in [3.8, 4) is 5.75 Å². The first-order valence-corrected chi connectivity index (χ1v) is 7.70. The molecule has 3 heteroatoms. The van der Waals surface area contributed by atoms with Crippen LogP contribution in [-0.2, 0) is 11.3 Å². The Balaban J connectivity index is 1.62. The third-order valence-electron chi connectivity index (χ3n) is 4.00. The number of hydrogen-bond donors (Lipinski definition) is 0. The summed E-state index contributed by atoms with van der Waals surface area (Å²) in [4.78, 5) is 0. The van der Waals surface area contributed by atoms with E-state index in [1.807, 2.05) is 6.92 Å². The highest BCUT2D eigenvalue weighted by atomic mass is 16.5. The minimum Gasteiger partial charge on any atom is -0.494 e. The predicted molar refractivity (Wildman–Crippen MR) is 81.3 cm³/mol. The molecule has 20 heavy (non-hydrogen) atoms. The maximum atomic E-state index is 5.68. The van der Waals surface area contributed by atoms with Gasteiger partial charge in [0, 0.05) is 30.3 Å². The van der Waals surface area contributed by atoms with Gasteiger partial charge in [-0.15, -0.1) is 0 Å². The lowest BCUT2D eigenvalue weighted by atomic mass is 10.1. The molecule has 1 aliphatic rings. The van der Waals surface area contributed by atoms with Gasteiger partial charge in [0.05, 0.1) is 12.7 Å². The lowest BCUT2D eigenvalue weighted by Gasteiger charge is -2.10. The smallest absolute Gasteiger partial charge is 0.120 e. The van der Waals surface area contributed by atoms with Crippen LogP contribution < -0.4 is 4.74 Å². The second-order valence-electron chi connectivity index (χ2n) is 5.44. The number of fused-ring (bicyclic) bond motifs is 1. The summed E-state index contributed by atoms with van der Waals surface area (Å²) in [6.07, 6.45) is 7.51. The maximum Gasteiger partial charge on any atom is 0.120 e. The molecule has 0 bridgehead atoms. The standard InChI is InChI=1S/C17H23NO2/c1-2-19-16-7-8-17-14(13-16)9-11-18(17)10-3-5-15-6-4-12-20-15/h7-9,11,13,15H,2-6,10,12H2,1H3. The van der Waals surface area contributed by atoms with Crippen LogP contribution in [0.1, 0.15) is 32.6 Å². The third-order valence-corrected chi connectivity index (χ3v) is 4.00. The highest BCUT2D eigenvalue weighted by Gasteiger charge is 2.14. The first kappa shape index (κ1) is 13.5. The van der Waals surface area contributed by atoms with Gasteiger partial charge < -0.3 is 14.0 Å². The van der Waals surface area contributed by atoms with Crippen LogP contribution >= 0.6 is 0 Å². The van der Waals surface area contributed by atoms with E-state index >= 15 is 0 Å². The molecule has 1 atom stereocenters. The zero-order chi connectivity index (χ0) is 13.8. The fourth-order valence-electron chi connectivity index (χ4n) is 2.99. The van der Waals surface area contributed by atoms with Crippen molar-refractivity contribution < 1.29 is 9.47 Å². The number of benzene rings is 1. The average Bonchev–Trinajstić information content (AvgIpc) is 3.09. The van der Waals surface area contributed by atoms with E-state index in [-0.39, 0.29) is 0 Å². The molecule has 3 rings (SSSR count). The Morgan fingerprint density at radius 3 is 3.10 bits per heavy atom. The summed E-state index contributed by atoms with van der Waals surface area (Å²) in [7, 11) is 0. The van der Waals surface area contributed by atoms with Gasteiger partial charge in [-0.3, -0.25) is 0 Å². The molecule has 0 N–H and O–H groups in total. The van der Waals surface area contributed by atoms with Gasteiger partial charge in [0.1, 0.15) is 5.75 Å². The van der Waals surface area contributed by atoms with Crippen LogP contribution in [0, 0.1) is 0 Å². The van der Waals surface area contributed by atoms with E-state index in [0.29, 0.717) is 12.7 Å². The van der Waals surface area contributed by atoms with E-state index in [9.17, 15) is 0 Å². The Kier molecular flexibility index (Phi) is 4.26. The van der Waals surface area contributed by atoms with Gasteiger partial charge in [0.2, 0.25) is 0 Å². The van der Waals surface area contributed by atoms with Crippen molar-refractivity contribution in [2.75, 3.05) is 13.2 Å². The van der Waals surface area contributed by atoms with Gasteiger partial charge in [0.25, 0.3) is 0 Å². The number of rotatable bonds is 6. The minimum absolute atomic E-state index is 0.501. The average molecular weight is 273 g/mol. The number of nitrogens with zero attached hydrogens (tertiary/aromatic N) is 1. The van der Waals surface area contributed by atoms with Crippen molar-refractivity contribution in [2.45, 2.75) is 45.3 Å². The van der Waals surface area contributed by atoms with Gasteiger partial charge in [-0.25, -0.2) is 0 Å². The Morgan fingerprint density at radius 1 is 1.35 bits per heavy atom. The minimum atomic E-state index is 0.501. The Hall–Kier alpha value is -1.48. The second kappa shape index (κ2) is 6.31. The van der Waals surface area contributed by atoms with Gasteiger partial charge in [-0.05, 0) is 56.9 Å². The van der Waals surface area contributed by atoms with Crippen LogP contribution in [0.4, 0.5) is 0 Å². The SMILES string of the molecule is CCOc1ccc2c(ccn2CCCC2CCCO2)c1. The summed E-state index contributed by atoms with van der Waals surface area (Å²) in [5.41, 5.74) is 1.29. The molecule has 1 aromatic heterocycles. The first-order valence-electron chi connectivity index (χ1n) is 7.70. The van der Waals surface area contributed by atoms with Gasteiger partial charge >= 0.3 is 0 Å². The highest BCUT2D eigenvalue weighted by Crippen LogP contribution is 2.23. The molecule has 0 aliphatic carbocycles. The lowest BCUT2D eigenvalue weighted by Crippen LogP contribution is -2.06. The van der Waals surface area contributed by atoms with Crippen molar-refractivity contribution in [3.63, 3.8) is 0 Å². The molecule has 1 saturated heterocycles. The quantitative estimate of drug-likeness (QED) is 0.794. The number of aromatic nitrogens is 1. The maximum absolute atomic E-state index is 5.68. The zero-order valence-corrected chi connectivity index (χ0v) is 12.2. The summed E-state index contributed by atoms with van der Waals surface area (Å²) in [6.45, 7) is 4.75. The van der Waals surface area contributed by atoms with Crippen LogP contribution in [0.2, 0.25) is 0 Å².